The van der Waals surface area contributed by atoms with Gasteiger partial charge in [0.1, 0.15) is 0 Å². The van der Waals surface area contributed by atoms with Crippen LogP contribution in [0.5, 0.6) is 0 Å². The van der Waals surface area contributed by atoms with E-state index in [1.54, 1.807) is 7.05 Å². The van der Waals surface area contributed by atoms with Crippen molar-refractivity contribution in [1.29, 1.82) is 0 Å². The third kappa shape index (κ3) is 12.9. The number of nitrogens with zero attached hydrogens (tertiary/aromatic N) is 2. The van der Waals surface area contributed by atoms with Crippen molar-refractivity contribution >= 4 is 29.9 Å². The monoisotopic (exact) mass is 502 g/mol. The predicted molar refractivity (Wildman–Crippen MR) is 114 cm³/mol. The van der Waals surface area contributed by atoms with Crippen LogP contribution < -0.4 is 10.6 Å². The molecule has 156 valence electrons. The van der Waals surface area contributed by atoms with Crippen LogP contribution in [0.15, 0.2) is 35.3 Å². The van der Waals surface area contributed by atoms with Gasteiger partial charge in [0.2, 0.25) is 0 Å². The van der Waals surface area contributed by atoms with Gasteiger partial charge in [-0.05, 0) is 26.0 Å². The molecule has 0 radical (unpaired) electrons. The highest BCUT2D eigenvalue weighted by Gasteiger charge is 2.28. The molecule has 0 aliphatic rings. The van der Waals surface area contributed by atoms with E-state index in [-0.39, 0.29) is 36.6 Å². The fourth-order valence-electron chi connectivity index (χ4n) is 2.33. The molecule has 1 rings (SSSR count). The van der Waals surface area contributed by atoms with E-state index in [9.17, 15) is 13.2 Å². The van der Waals surface area contributed by atoms with Gasteiger partial charge in [-0.3, -0.25) is 9.89 Å². The van der Waals surface area contributed by atoms with Crippen LogP contribution in [0.3, 0.4) is 0 Å². The smallest absolute Gasteiger partial charge is 0.374 e. The second-order valence-corrected chi connectivity index (χ2v) is 6.06. The first-order valence-corrected chi connectivity index (χ1v) is 8.68. The fraction of sp³-hybridized carbons (Fsp3) is 0.611. The predicted octanol–water partition coefficient (Wildman–Crippen LogP) is 3.43. The Kier molecular flexibility index (Phi) is 13.4. The number of guanidine groups is 1. The van der Waals surface area contributed by atoms with E-state index in [1.807, 2.05) is 37.3 Å². The van der Waals surface area contributed by atoms with Crippen LogP contribution in [0.2, 0.25) is 0 Å². The van der Waals surface area contributed by atoms with Gasteiger partial charge < -0.3 is 15.4 Å². The number of alkyl halides is 3. The summed E-state index contributed by atoms with van der Waals surface area (Å²) >= 11 is 0. The highest BCUT2D eigenvalue weighted by atomic mass is 127. The standard InChI is InChI=1S/C18H29F3N4O.HI/c1-15(16-8-5-4-6-9-16)26-13-7-10-23-17(22-2)24-11-12-25(3)14-18(19,20)21;/h4-6,8-9,15H,7,10-14H2,1-3H3,(H2,22,23,24);1H. The number of benzene rings is 1. The van der Waals surface area contributed by atoms with E-state index in [0.29, 0.717) is 25.7 Å². The van der Waals surface area contributed by atoms with Gasteiger partial charge in [0.05, 0.1) is 12.6 Å². The highest BCUT2D eigenvalue weighted by Crippen LogP contribution is 2.16. The van der Waals surface area contributed by atoms with Gasteiger partial charge in [-0.25, -0.2) is 0 Å². The molecule has 0 spiro atoms. The fourth-order valence-corrected chi connectivity index (χ4v) is 2.33. The Morgan fingerprint density at radius 1 is 1.19 bits per heavy atom. The van der Waals surface area contributed by atoms with Crippen LogP contribution in [0.1, 0.15) is 25.0 Å². The van der Waals surface area contributed by atoms with Crippen molar-refractivity contribution in [2.45, 2.75) is 25.6 Å². The summed E-state index contributed by atoms with van der Waals surface area (Å²) in [7, 11) is 3.07. The van der Waals surface area contributed by atoms with Gasteiger partial charge in [0, 0.05) is 33.3 Å². The molecule has 0 aliphatic heterocycles. The molecule has 0 amide bonds. The largest absolute Gasteiger partial charge is 0.401 e. The zero-order valence-electron chi connectivity index (χ0n) is 16.1. The van der Waals surface area contributed by atoms with Crippen molar-refractivity contribution in [3.8, 4) is 0 Å². The lowest BCUT2D eigenvalue weighted by Gasteiger charge is -2.19. The molecule has 0 fully saturated rings. The van der Waals surface area contributed by atoms with E-state index in [2.05, 4.69) is 15.6 Å². The second kappa shape index (κ2) is 14.0. The Morgan fingerprint density at radius 2 is 1.81 bits per heavy atom. The van der Waals surface area contributed by atoms with Crippen molar-refractivity contribution in [1.82, 2.24) is 15.5 Å². The Labute approximate surface area is 176 Å². The number of likely N-dealkylation sites (N-methyl/N-ethyl adjacent to an activating group) is 1. The average molecular weight is 502 g/mol. The minimum Gasteiger partial charge on any atom is -0.374 e. The molecule has 1 atom stereocenters. The molecule has 5 nitrogen and oxygen atoms in total. The van der Waals surface area contributed by atoms with Crippen molar-refractivity contribution in [2.24, 2.45) is 4.99 Å². The number of nitrogens with one attached hydrogen (secondary N) is 2. The minimum atomic E-state index is -4.18. The molecule has 2 N–H and O–H groups in total. The van der Waals surface area contributed by atoms with E-state index in [4.69, 9.17) is 4.74 Å². The zero-order chi connectivity index (χ0) is 19.4. The normalized spacial score (nSPS) is 13.2. The molecule has 0 heterocycles. The molecular weight excluding hydrogens is 472 g/mol. The van der Waals surface area contributed by atoms with E-state index < -0.39 is 12.7 Å². The number of rotatable bonds is 10. The van der Waals surface area contributed by atoms with Crippen LogP contribution in [-0.2, 0) is 4.74 Å². The molecule has 1 unspecified atom stereocenters. The van der Waals surface area contributed by atoms with Crippen molar-refractivity contribution < 1.29 is 17.9 Å². The summed E-state index contributed by atoms with van der Waals surface area (Å²) in [6.45, 7) is 3.03. The van der Waals surface area contributed by atoms with Gasteiger partial charge in [0.15, 0.2) is 5.96 Å². The van der Waals surface area contributed by atoms with Crippen LogP contribution in [0.4, 0.5) is 13.2 Å². The first-order chi connectivity index (χ1) is 12.3. The van der Waals surface area contributed by atoms with Gasteiger partial charge in [-0.2, -0.15) is 13.2 Å². The SMILES string of the molecule is CN=C(NCCCOC(C)c1ccccc1)NCCN(C)CC(F)(F)F.I. The number of hydrogen-bond acceptors (Lipinski definition) is 3. The van der Waals surface area contributed by atoms with Crippen molar-refractivity contribution in [3.05, 3.63) is 35.9 Å². The zero-order valence-corrected chi connectivity index (χ0v) is 18.4. The summed E-state index contributed by atoms with van der Waals surface area (Å²) < 4.78 is 42.5. The third-order valence-electron chi connectivity index (χ3n) is 3.71. The lowest BCUT2D eigenvalue weighted by atomic mass is 10.1. The summed E-state index contributed by atoms with van der Waals surface area (Å²) in [5.74, 6) is 0.571. The molecule has 0 bridgehead atoms. The Hall–Kier alpha value is -1.07. The molecule has 0 saturated carbocycles. The van der Waals surface area contributed by atoms with Gasteiger partial charge in [-0.1, -0.05) is 30.3 Å². The molecule has 0 aliphatic carbocycles. The maximum atomic E-state index is 12.3. The maximum Gasteiger partial charge on any atom is 0.401 e. The third-order valence-corrected chi connectivity index (χ3v) is 3.71. The molecule has 0 aromatic heterocycles. The summed E-state index contributed by atoms with van der Waals surface area (Å²) in [6, 6.07) is 10.0. The van der Waals surface area contributed by atoms with Crippen LogP contribution in [-0.4, -0.2) is 63.9 Å². The van der Waals surface area contributed by atoms with Crippen molar-refractivity contribution in [3.63, 3.8) is 0 Å². The number of hydrogen-bond donors (Lipinski definition) is 2. The van der Waals surface area contributed by atoms with E-state index in [0.717, 1.165) is 12.0 Å². The quantitative estimate of drug-likeness (QED) is 0.223. The minimum absolute atomic E-state index is 0. The van der Waals surface area contributed by atoms with E-state index in [1.165, 1.54) is 11.9 Å². The first-order valence-electron chi connectivity index (χ1n) is 8.68. The molecule has 9 heteroatoms. The Morgan fingerprint density at radius 3 is 2.41 bits per heavy atom. The molecule has 27 heavy (non-hydrogen) atoms. The average Bonchev–Trinajstić information content (AvgIpc) is 2.59. The van der Waals surface area contributed by atoms with Crippen LogP contribution in [0, 0.1) is 0 Å². The van der Waals surface area contributed by atoms with E-state index >= 15 is 0 Å². The van der Waals surface area contributed by atoms with Gasteiger partial charge in [-0.15, -0.1) is 24.0 Å². The molecule has 1 aromatic carbocycles. The Bertz CT molecular complexity index is 529. The summed E-state index contributed by atoms with van der Waals surface area (Å²) in [4.78, 5) is 5.27. The lowest BCUT2D eigenvalue weighted by molar-refractivity contribution is -0.142. The van der Waals surface area contributed by atoms with Crippen molar-refractivity contribution in [2.75, 3.05) is 46.9 Å². The summed E-state index contributed by atoms with van der Waals surface area (Å²) in [6.07, 6.45) is -3.34. The van der Waals surface area contributed by atoms with Crippen LogP contribution in [0.25, 0.3) is 0 Å². The maximum absolute atomic E-state index is 12.3. The number of ether oxygens (including phenoxy) is 1. The second-order valence-electron chi connectivity index (χ2n) is 6.06. The van der Waals surface area contributed by atoms with Gasteiger partial charge >= 0.3 is 6.18 Å². The summed E-state index contributed by atoms with van der Waals surface area (Å²) in [5, 5.41) is 6.12. The van der Waals surface area contributed by atoms with Gasteiger partial charge in [0.25, 0.3) is 0 Å². The van der Waals surface area contributed by atoms with Crippen LogP contribution >= 0.6 is 24.0 Å². The topological polar surface area (TPSA) is 48.9 Å². The first kappa shape index (κ1) is 25.9. The summed E-state index contributed by atoms with van der Waals surface area (Å²) in [5.41, 5.74) is 1.14. The number of halogens is 4. The Balaban J connectivity index is 0.00000676. The molecular formula is C18H30F3IN4O. The molecule has 1 aromatic rings. The highest BCUT2D eigenvalue weighted by molar-refractivity contribution is 14.0. The lowest BCUT2D eigenvalue weighted by Crippen LogP contribution is -2.42. The number of aliphatic imine (C=N–C) groups is 1. The molecule has 0 saturated heterocycles.